The van der Waals surface area contributed by atoms with Crippen molar-refractivity contribution in [1.82, 2.24) is 4.31 Å². The molecule has 0 unspecified atom stereocenters. The van der Waals surface area contributed by atoms with Crippen molar-refractivity contribution in [3.63, 3.8) is 0 Å². The Kier molecular flexibility index (Phi) is 4.20. The summed E-state index contributed by atoms with van der Waals surface area (Å²) in [4.78, 5) is 10.8. The summed E-state index contributed by atoms with van der Waals surface area (Å²) in [5.41, 5.74) is 0.0876. The predicted molar refractivity (Wildman–Crippen MR) is 72.1 cm³/mol. The smallest absolute Gasteiger partial charge is 0.322 e. The van der Waals surface area contributed by atoms with Crippen LogP contribution in [0.15, 0.2) is 23.1 Å². The highest BCUT2D eigenvalue weighted by atomic mass is 35.5. The van der Waals surface area contributed by atoms with E-state index in [2.05, 4.69) is 0 Å². The molecule has 7 nitrogen and oxygen atoms in total. The number of sulfonamides is 1. The average molecular weight is 331 g/mol. The third-order valence-corrected chi connectivity index (χ3v) is 5.52. The topological polar surface area (TPSA) is 119 Å². The molecule has 1 aromatic carbocycles. The highest BCUT2D eigenvalue weighted by Crippen LogP contribution is 2.31. The Hall–Kier alpha value is -1.66. The Morgan fingerprint density at radius 3 is 2.71 bits per heavy atom. The number of rotatable bonds is 3. The van der Waals surface area contributed by atoms with Crippen LogP contribution < -0.4 is 0 Å². The van der Waals surface area contributed by atoms with E-state index in [1.54, 1.807) is 6.07 Å². The average Bonchev–Trinajstić information content (AvgIpc) is 2.82. The third kappa shape index (κ3) is 2.87. The van der Waals surface area contributed by atoms with E-state index in [0.717, 1.165) is 6.07 Å². The van der Waals surface area contributed by atoms with Crippen molar-refractivity contribution < 1.29 is 23.4 Å². The fourth-order valence-corrected chi connectivity index (χ4v) is 4.30. The van der Waals surface area contributed by atoms with Gasteiger partial charge >= 0.3 is 5.97 Å². The van der Waals surface area contributed by atoms with Gasteiger partial charge in [-0.25, -0.2) is 8.42 Å². The van der Waals surface area contributed by atoms with Gasteiger partial charge in [-0.1, -0.05) is 11.6 Å². The van der Waals surface area contributed by atoms with Crippen molar-refractivity contribution >= 4 is 27.6 Å². The summed E-state index contributed by atoms with van der Waals surface area (Å²) < 4.78 is 25.8. The molecule has 1 aromatic rings. The summed E-state index contributed by atoms with van der Waals surface area (Å²) in [5.74, 6) is -1.34. The van der Waals surface area contributed by atoms with Crippen molar-refractivity contribution in [3.8, 4) is 6.07 Å². The number of hydrogen-bond acceptors (Lipinski definition) is 5. The van der Waals surface area contributed by atoms with Gasteiger partial charge in [-0.2, -0.15) is 9.57 Å². The molecule has 2 rings (SSSR count). The van der Waals surface area contributed by atoms with Gasteiger partial charge in [0.15, 0.2) is 0 Å². The van der Waals surface area contributed by atoms with E-state index in [0.29, 0.717) is 4.31 Å². The maximum Gasteiger partial charge on any atom is 0.322 e. The number of aliphatic carboxylic acids is 1. The van der Waals surface area contributed by atoms with E-state index >= 15 is 0 Å². The predicted octanol–water partition coefficient (Wildman–Crippen LogP) is 0.420. The molecule has 0 amide bonds. The fraction of sp³-hybridized carbons (Fsp3) is 0.333. The lowest BCUT2D eigenvalue weighted by Crippen LogP contribution is -2.40. The number of nitrogens with zero attached hydrogens (tertiary/aromatic N) is 2. The summed E-state index contributed by atoms with van der Waals surface area (Å²) >= 11 is 5.85. The first-order chi connectivity index (χ1) is 9.77. The molecule has 2 N–H and O–H groups in total. The molecule has 112 valence electrons. The molecule has 21 heavy (non-hydrogen) atoms. The van der Waals surface area contributed by atoms with Gasteiger partial charge in [0, 0.05) is 13.0 Å². The van der Waals surface area contributed by atoms with E-state index in [1.807, 2.05) is 0 Å². The number of nitriles is 1. The maximum absolute atomic E-state index is 12.5. The number of aliphatic hydroxyl groups is 1. The third-order valence-electron chi connectivity index (χ3n) is 3.17. The summed E-state index contributed by atoms with van der Waals surface area (Å²) in [6.07, 6.45) is -1.25. The molecular formula is C12H11ClN2O5S. The first kappa shape index (κ1) is 15.7. The van der Waals surface area contributed by atoms with Crippen LogP contribution in [-0.4, -0.2) is 47.6 Å². The van der Waals surface area contributed by atoms with E-state index < -0.39 is 28.1 Å². The first-order valence-electron chi connectivity index (χ1n) is 5.89. The van der Waals surface area contributed by atoms with Gasteiger partial charge < -0.3 is 10.2 Å². The summed E-state index contributed by atoms with van der Waals surface area (Å²) in [6.45, 7) is -0.327. The number of aliphatic hydroxyl groups excluding tert-OH is 1. The lowest BCUT2D eigenvalue weighted by atomic mass is 10.2. The number of halogens is 1. The minimum absolute atomic E-state index is 0.0876. The Morgan fingerprint density at radius 1 is 1.48 bits per heavy atom. The quantitative estimate of drug-likeness (QED) is 0.829. The van der Waals surface area contributed by atoms with E-state index in [9.17, 15) is 18.3 Å². The molecule has 1 fully saturated rings. The molecule has 2 atom stereocenters. The normalized spacial score (nSPS) is 22.9. The Labute approximate surface area is 126 Å². The van der Waals surface area contributed by atoms with Crippen LogP contribution in [0.2, 0.25) is 5.02 Å². The molecule has 0 spiro atoms. The number of carbonyl (C=O) groups is 1. The van der Waals surface area contributed by atoms with Crippen LogP contribution >= 0.6 is 11.6 Å². The van der Waals surface area contributed by atoms with Crippen LogP contribution in [0, 0.1) is 11.3 Å². The molecule has 1 aliphatic rings. The monoisotopic (exact) mass is 330 g/mol. The van der Waals surface area contributed by atoms with Crippen molar-refractivity contribution in [2.75, 3.05) is 6.54 Å². The van der Waals surface area contributed by atoms with Gasteiger partial charge in [0.25, 0.3) is 0 Å². The SMILES string of the molecule is N#Cc1ccc(Cl)c(S(=O)(=O)N2C[C@@H](O)C[C@H]2C(=O)O)c1. The van der Waals surface area contributed by atoms with Crippen LogP contribution in [-0.2, 0) is 14.8 Å². The van der Waals surface area contributed by atoms with Crippen LogP contribution in [0.5, 0.6) is 0 Å². The fourth-order valence-electron chi connectivity index (χ4n) is 2.17. The molecule has 0 aliphatic carbocycles. The van der Waals surface area contributed by atoms with Crippen LogP contribution in [0.4, 0.5) is 0 Å². The molecule has 0 radical (unpaired) electrons. The van der Waals surface area contributed by atoms with Gasteiger partial charge in [0.05, 0.1) is 22.8 Å². The Morgan fingerprint density at radius 2 is 2.14 bits per heavy atom. The number of β-amino-alcohol motifs (C(OH)–C–C–N with tert-alkyl or cyclic N) is 1. The standard InChI is InChI=1S/C12H11ClN2O5S/c13-9-2-1-7(5-14)3-11(9)21(19,20)15-6-8(16)4-10(15)12(17)18/h1-3,8,10,16H,4,6H2,(H,17,18)/t8-,10-/m0/s1. The molecule has 9 heteroatoms. The van der Waals surface area contributed by atoms with Crippen molar-refractivity contribution in [3.05, 3.63) is 28.8 Å². The number of carboxylic acids is 1. The molecule has 0 aromatic heterocycles. The van der Waals surface area contributed by atoms with Crippen LogP contribution in [0.1, 0.15) is 12.0 Å². The van der Waals surface area contributed by atoms with Gasteiger partial charge in [-0.05, 0) is 18.2 Å². The zero-order valence-corrected chi connectivity index (χ0v) is 12.2. The number of benzene rings is 1. The molecule has 1 aliphatic heterocycles. The van der Waals surface area contributed by atoms with E-state index in [-0.39, 0.29) is 28.4 Å². The molecular weight excluding hydrogens is 320 g/mol. The summed E-state index contributed by atoms with van der Waals surface area (Å²) in [6, 6.07) is 4.14. The minimum atomic E-state index is -4.22. The van der Waals surface area contributed by atoms with Crippen molar-refractivity contribution in [2.24, 2.45) is 0 Å². The maximum atomic E-state index is 12.5. The van der Waals surface area contributed by atoms with Gasteiger partial charge in [-0.15, -0.1) is 0 Å². The zero-order valence-electron chi connectivity index (χ0n) is 10.6. The second-order valence-electron chi connectivity index (χ2n) is 4.58. The zero-order chi connectivity index (χ0) is 15.8. The molecule has 0 saturated carbocycles. The summed E-state index contributed by atoms with van der Waals surface area (Å²) in [7, 11) is -4.22. The second kappa shape index (κ2) is 5.61. The molecule has 1 saturated heterocycles. The second-order valence-corrected chi connectivity index (χ2v) is 6.84. The first-order valence-corrected chi connectivity index (χ1v) is 7.71. The van der Waals surface area contributed by atoms with Crippen molar-refractivity contribution in [2.45, 2.75) is 23.5 Å². The minimum Gasteiger partial charge on any atom is -0.480 e. The largest absolute Gasteiger partial charge is 0.480 e. The number of carboxylic acid groups (broad SMARTS) is 1. The Bertz CT molecular complexity index is 728. The lowest BCUT2D eigenvalue weighted by molar-refractivity contribution is -0.140. The number of hydrogen-bond donors (Lipinski definition) is 2. The van der Waals surface area contributed by atoms with Crippen LogP contribution in [0.3, 0.4) is 0 Å². The van der Waals surface area contributed by atoms with Crippen LogP contribution in [0.25, 0.3) is 0 Å². The summed E-state index contributed by atoms with van der Waals surface area (Å²) in [5, 5.41) is 27.3. The van der Waals surface area contributed by atoms with Gasteiger partial charge in [0.2, 0.25) is 10.0 Å². The van der Waals surface area contributed by atoms with Gasteiger partial charge in [0.1, 0.15) is 10.9 Å². The van der Waals surface area contributed by atoms with E-state index in [4.69, 9.17) is 22.0 Å². The molecule has 1 heterocycles. The lowest BCUT2D eigenvalue weighted by Gasteiger charge is -2.21. The van der Waals surface area contributed by atoms with Crippen molar-refractivity contribution in [1.29, 1.82) is 5.26 Å². The van der Waals surface area contributed by atoms with E-state index in [1.165, 1.54) is 12.1 Å². The molecule has 0 bridgehead atoms. The highest BCUT2D eigenvalue weighted by molar-refractivity contribution is 7.89. The van der Waals surface area contributed by atoms with Gasteiger partial charge in [-0.3, -0.25) is 4.79 Å². The highest BCUT2D eigenvalue weighted by Gasteiger charge is 2.44. The Balaban J connectivity index is 2.52.